The Hall–Kier alpha value is -3.61. The highest BCUT2D eigenvalue weighted by atomic mass is 16.5. The summed E-state index contributed by atoms with van der Waals surface area (Å²) in [5.41, 5.74) is 4.41. The van der Waals surface area contributed by atoms with Crippen molar-refractivity contribution >= 4 is 17.5 Å². The maximum Gasteiger partial charge on any atom is 0.278 e. The number of rotatable bonds is 5. The average molecular weight is 445 g/mol. The molecule has 1 aromatic heterocycles. The fourth-order valence-electron chi connectivity index (χ4n) is 4.79. The molecule has 0 saturated carbocycles. The van der Waals surface area contributed by atoms with Gasteiger partial charge in [0.2, 0.25) is 0 Å². The fourth-order valence-corrected chi connectivity index (χ4v) is 4.79. The van der Waals surface area contributed by atoms with Gasteiger partial charge in [-0.05, 0) is 68.0 Å². The molecular formula is C26H28N4O3. The zero-order chi connectivity index (χ0) is 22.8. The predicted molar refractivity (Wildman–Crippen MR) is 125 cm³/mol. The van der Waals surface area contributed by atoms with Crippen molar-refractivity contribution in [2.45, 2.75) is 38.6 Å². The van der Waals surface area contributed by atoms with Gasteiger partial charge in [0.05, 0.1) is 11.7 Å². The van der Waals surface area contributed by atoms with Crippen molar-refractivity contribution < 1.29 is 14.3 Å². The molecule has 0 spiro atoms. The molecule has 2 amide bonds. The lowest BCUT2D eigenvalue weighted by Gasteiger charge is -2.35. The number of benzene rings is 2. The summed E-state index contributed by atoms with van der Waals surface area (Å²) in [6, 6.07) is 17.3. The number of hydrogen-bond acceptors (Lipinski definition) is 4. The molecule has 1 saturated heterocycles. The SMILES string of the molecule is Cc1cccc(OCC(=O)N2CCCCC2c2cc(C(=O)N3CCc4ccccc43)n[nH]2)c1. The monoisotopic (exact) mass is 444 g/mol. The predicted octanol–water partition coefficient (Wildman–Crippen LogP) is 4.05. The van der Waals surface area contributed by atoms with Gasteiger partial charge in [-0.25, -0.2) is 0 Å². The second-order valence-electron chi connectivity index (χ2n) is 8.75. The van der Waals surface area contributed by atoms with E-state index in [1.165, 1.54) is 5.56 Å². The Labute approximate surface area is 193 Å². The van der Waals surface area contributed by atoms with Crippen LogP contribution in [0.5, 0.6) is 5.75 Å². The van der Waals surface area contributed by atoms with Crippen molar-refractivity contribution in [3.63, 3.8) is 0 Å². The van der Waals surface area contributed by atoms with Gasteiger partial charge in [-0.15, -0.1) is 0 Å². The van der Waals surface area contributed by atoms with Crippen molar-refractivity contribution in [1.82, 2.24) is 15.1 Å². The van der Waals surface area contributed by atoms with Gasteiger partial charge in [0.25, 0.3) is 11.8 Å². The normalized spacial score (nSPS) is 17.7. The van der Waals surface area contributed by atoms with E-state index in [1.54, 1.807) is 11.0 Å². The Morgan fingerprint density at radius 3 is 2.85 bits per heavy atom. The Balaban J connectivity index is 1.29. The van der Waals surface area contributed by atoms with Crippen LogP contribution >= 0.6 is 0 Å². The number of piperidine rings is 1. The number of aromatic amines is 1. The van der Waals surface area contributed by atoms with Gasteiger partial charge in [-0.1, -0.05) is 30.3 Å². The molecule has 0 aliphatic carbocycles. The number of ether oxygens (including phenoxy) is 1. The molecule has 1 unspecified atom stereocenters. The Morgan fingerprint density at radius 2 is 1.97 bits per heavy atom. The topological polar surface area (TPSA) is 78.5 Å². The fraction of sp³-hybridized carbons (Fsp3) is 0.346. The third-order valence-corrected chi connectivity index (χ3v) is 6.48. The zero-order valence-electron chi connectivity index (χ0n) is 18.8. The summed E-state index contributed by atoms with van der Waals surface area (Å²) in [5, 5.41) is 7.36. The summed E-state index contributed by atoms with van der Waals surface area (Å²) in [6.45, 7) is 3.31. The third kappa shape index (κ3) is 4.35. The summed E-state index contributed by atoms with van der Waals surface area (Å²) in [5.74, 6) is 0.522. The number of amides is 2. The van der Waals surface area contributed by atoms with Gasteiger partial charge in [0, 0.05) is 18.8 Å². The largest absolute Gasteiger partial charge is 0.484 e. The van der Waals surface area contributed by atoms with E-state index >= 15 is 0 Å². The second kappa shape index (κ2) is 9.10. The van der Waals surface area contributed by atoms with E-state index in [1.807, 2.05) is 54.3 Å². The van der Waals surface area contributed by atoms with Gasteiger partial charge < -0.3 is 14.5 Å². The Bertz CT molecular complexity index is 1170. The van der Waals surface area contributed by atoms with E-state index in [2.05, 4.69) is 16.3 Å². The summed E-state index contributed by atoms with van der Waals surface area (Å²) >= 11 is 0. The van der Waals surface area contributed by atoms with Crippen LogP contribution in [0.15, 0.2) is 54.6 Å². The van der Waals surface area contributed by atoms with Gasteiger partial charge in [-0.2, -0.15) is 5.10 Å². The highest BCUT2D eigenvalue weighted by Crippen LogP contribution is 2.32. The first kappa shape index (κ1) is 21.2. The van der Waals surface area contributed by atoms with Crippen molar-refractivity contribution in [3.05, 3.63) is 77.1 Å². The minimum Gasteiger partial charge on any atom is -0.484 e. The highest BCUT2D eigenvalue weighted by molar-refractivity contribution is 6.06. The van der Waals surface area contributed by atoms with Crippen LogP contribution in [0.1, 0.15) is 52.6 Å². The zero-order valence-corrected chi connectivity index (χ0v) is 18.8. The number of para-hydroxylation sites is 1. The molecule has 7 heteroatoms. The smallest absolute Gasteiger partial charge is 0.278 e. The molecule has 170 valence electrons. The summed E-state index contributed by atoms with van der Waals surface area (Å²) < 4.78 is 5.75. The molecule has 33 heavy (non-hydrogen) atoms. The molecule has 3 aromatic rings. The summed E-state index contributed by atoms with van der Waals surface area (Å²) in [7, 11) is 0. The molecule has 5 rings (SSSR count). The molecule has 0 bridgehead atoms. The van der Waals surface area contributed by atoms with E-state index in [0.717, 1.165) is 42.6 Å². The lowest BCUT2D eigenvalue weighted by Crippen LogP contribution is -2.41. The summed E-state index contributed by atoms with van der Waals surface area (Å²) in [4.78, 5) is 29.8. The number of nitrogens with one attached hydrogen (secondary N) is 1. The van der Waals surface area contributed by atoms with Gasteiger partial charge >= 0.3 is 0 Å². The van der Waals surface area contributed by atoms with Crippen molar-refractivity contribution in [3.8, 4) is 5.75 Å². The van der Waals surface area contributed by atoms with E-state index < -0.39 is 0 Å². The van der Waals surface area contributed by atoms with Crippen LogP contribution in [0.25, 0.3) is 0 Å². The maximum atomic E-state index is 13.2. The van der Waals surface area contributed by atoms with Crippen LogP contribution < -0.4 is 9.64 Å². The first-order valence-electron chi connectivity index (χ1n) is 11.5. The summed E-state index contributed by atoms with van der Waals surface area (Å²) in [6.07, 6.45) is 3.66. The first-order chi connectivity index (χ1) is 16.1. The maximum absolute atomic E-state index is 13.2. The minimum absolute atomic E-state index is 0.00948. The standard InChI is InChI=1S/C26H28N4O3/c1-18-7-6-9-20(15-18)33-17-25(31)29-13-5-4-11-24(29)21-16-22(28-27-21)26(32)30-14-12-19-8-2-3-10-23(19)30/h2-3,6-10,15-16,24H,4-5,11-14,17H2,1H3,(H,27,28). The minimum atomic E-state index is -0.132. The van der Waals surface area contributed by atoms with Crippen LogP contribution in [-0.4, -0.2) is 46.6 Å². The van der Waals surface area contributed by atoms with Crippen LogP contribution in [0, 0.1) is 6.92 Å². The number of hydrogen-bond donors (Lipinski definition) is 1. The molecule has 0 radical (unpaired) electrons. The van der Waals surface area contributed by atoms with Crippen LogP contribution in [-0.2, 0) is 11.2 Å². The van der Waals surface area contributed by atoms with Crippen molar-refractivity contribution in [1.29, 1.82) is 0 Å². The molecule has 2 aliphatic heterocycles. The first-order valence-corrected chi connectivity index (χ1v) is 11.5. The van der Waals surface area contributed by atoms with Crippen LogP contribution in [0.4, 0.5) is 5.69 Å². The molecule has 1 fully saturated rings. The molecular weight excluding hydrogens is 416 g/mol. The number of likely N-dealkylation sites (tertiary alicyclic amines) is 1. The number of aromatic nitrogens is 2. The van der Waals surface area contributed by atoms with Crippen LogP contribution in [0.3, 0.4) is 0 Å². The average Bonchev–Trinajstić information content (AvgIpc) is 3.50. The number of carbonyl (C=O) groups excluding carboxylic acids is 2. The van der Waals surface area contributed by atoms with E-state index in [0.29, 0.717) is 24.5 Å². The molecule has 2 aliphatic rings. The van der Waals surface area contributed by atoms with E-state index in [-0.39, 0.29) is 24.5 Å². The Kier molecular flexibility index (Phi) is 5.86. The molecule has 1 atom stereocenters. The lowest BCUT2D eigenvalue weighted by molar-refractivity contribution is -0.137. The number of anilines is 1. The quantitative estimate of drug-likeness (QED) is 0.644. The lowest BCUT2D eigenvalue weighted by atomic mass is 9.99. The molecule has 3 heterocycles. The van der Waals surface area contributed by atoms with E-state index in [4.69, 9.17) is 4.74 Å². The number of H-pyrrole nitrogens is 1. The highest BCUT2D eigenvalue weighted by Gasteiger charge is 2.32. The van der Waals surface area contributed by atoms with Crippen molar-refractivity contribution in [2.24, 2.45) is 0 Å². The molecule has 2 aromatic carbocycles. The van der Waals surface area contributed by atoms with Crippen molar-refractivity contribution in [2.75, 3.05) is 24.6 Å². The van der Waals surface area contributed by atoms with E-state index in [9.17, 15) is 9.59 Å². The number of aryl methyl sites for hydroxylation is 1. The number of carbonyl (C=O) groups is 2. The van der Waals surface area contributed by atoms with Gasteiger partial charge in [-0.3, -0.25) is 14.7 Å². The number of fused-ring (bicyclic) bond motifs is 1. The third-order valence-electron chi connectivity index (χ3n) is 6.48. The molecule has 1 N–H and O–H groups in total. The number of nitrogens with zero attached hydrogens (tertiary/aromatic N) is 3. The molecule has 7 nitrogen and oxygen atoms in total. The van der Waals surface area contributed by atoms with Crippen LogP contribution in [0.2, 0.25) is 0 Å². The Morgan fingerprint density at radius 1 is 1.09 bits per heavy atom. The second-order valence-corrected chi connectivity index (χ2v) is 8.75. The van der Waals surface area contributed by atoms with Gasteiger partial charge in [0.15, 0.2) is 12.3 Å². The van der Waals surface area contributed by atoms with Gasteiger partial charge in [0.1, 0.15) is 5.75 Å².